The van der Waals surface area contributed by atoms with Crippen molar-refractivity contribution in [3.63, 3.8) is 0 Å². The van der Waals surface area contributed by atoms with E-state index in [0.29, 0.717) is 0 Å². The summed E-state index contributed by atoms with van der Waals surface area (Å²) < 4.78 is 14.3. The van der Waals surface area contributed by atoms with E-state index in [1.807, 2.05) is 13.8 Å². The fourth-order valence-corrected chi connectivity index (χ4v) is 4.21. The number of nitrogens with two attached hydrogens (primary N) is 1. The Balaban J connectivity index is 3.17. The third kappa shape index (κ3) is 8.52. The van der Waals surface area contributed by atoms with Crippen LogP contribution < -0.4 is 16.4 Å². The molecule has 0 aromatic carbocycles. The van der Waals surface area contributed by atoms with Gasteiger partial charge in [0.1, 0.15) is 0 Å². The van der Waals surface area contributed by atoms with E-state index in [1.165, 1.54) is 6.92 Å². The fraction of sp³-hybridized carbons (Fsp3) is 0.762. The highest BCUT2D eigenvalue weighted by Crippen LogP contribution is 2.40. The number of amides is 2. The van der Waals surface area contributed by atoms with E-state index in [4.69, 9.17) is 10.5 Å². The Labute approximate surface area is 193 Å². The van der Waals surface area contributed by atoms with Crippen LogP contribution in [-0.4, -0.2) is 66.6 Å². The van der Waals surface area contributed by atoms with Crippen molar-refractivity contribution in [3.05, 3.63) is 0 Å². The first-order valence-electron chi connectivity index (χ1n) is 11.1. The third-order valence-corrected chi connectivity index (χ3v) is 5.66. The molecule has 1 aliphatic carbocycles. The zero-order chi connectivity index (χ0) is 25.1. The highest BCUT2D eigenvalue weighted by atomic mass is 16.7. The fourth-order valence-electron chi connectivity index (χ4n) is 4.21. The molecule has 0 aromatic rings. The summed E-state index contributed by atoms with van der Waals surface area (Å²) in [7, 11) is 0. The lowest BCUT2D eigenvalue weighted by Crippen LogP contribution is -2.51. The molecule has 1 rings (SSSR count). The first kappa shape index (κ1) is 28.1. The minimum absolute atomic E-state index is 0.00933. The van der Waals surface area contributed by atoms with Crippen LogP contribution in [0, 0.1) is 17.8 Å². The summed E-state index contributed by atoms with van der Waals surface area (Å²) in [5, 5.41) is 16.2. The van der Waals surface area contributed by atoms with Gasteiger partial charge in [0.2, 0.25) is 12.7 Å². The largest absolute Gasteiger partial charge is 0.466 e. The Morgan fingerprint density at radius 2 is 1.73 bits per heavy atom. The standard InChI is InChI=1S/C21H36N4O8/c1-6-13(7-2)17(23-11(4)26)16-15(9-14(18(16)28)19(29)31-8-3)24-20(22)25-21(30)33-10-32-12(5)27/h13-18,28H,6-10H2,1-5H3,(H,23,26)(H3,22,24,25,30)/t14-,15+,16+,17?,18+/m0/s1. The number of guanidine groups is 1. The lowest BCUT2D eigenvalue weighted by molar-refractivity contribution is -0.152. The zero-order valence-corrected chi connectivity index (χ0v) is 19.8. The van der Waals surface area contributed by atoms with Gasteiger partial charge in [-0.2, -0.15) is 0 Å². The number of nitrogens with zero attached hydrogens (tertiary/aromatic N) is 1. The van der Waals surface area contributed by atoms with Crippen molar-refractivity contribution in [2.24, 2.45) is 28.5 Å². The summed E-state index contributed by atoms with van der Waals surface area (Å²) in [6.07, 6.45) is -0.568. The number of carbonyl (C=O) groups excluding carboxylic acids is 4. The number of nitrogens with one attached hydrogen (secondary N) is 2. The van der Waals surface area contributed by atoms with E-state index < -0.39 is 54.8 Å². The molecule has 0 spiro atoms. The van der Waals surface area contributed by atoms with Crippen LogP contribution in [0.5, 0.6) is 0 Å². The van der Waals surface area contributed by atoms with Crippen molar-refractivity contribution in [1.82, 2.24) is 10.6 Å². The Kier molecular flexibility index (Phi) is 11.6. The number of hydrogen-bond donors (Lipinski definition) is 4. The van der Waals surface area contributed by atoms with Crippen LogP contribution in [-0.2, 0) is 28.6 Å². The molecule has 5 N–H and O–H groups in total. The summed E-state index contributed by atoms with van der Waals surface area (Å²) in [6, 6.07) is -1.18. The molecule has 33 heavy (non-hydrogen) atoms. The second-order valence-corrected chi connectivity index (χ2v) is 7.86. The van der Waals surface area contributed by atoms with E-state index in [0.717, 1.165) is 19.8 Å². The number of hydrogen-bond acceptors (Lipinski definition) is 9. The molecule has 12 heteroatoms. The van der Waals surface area contributed by atoms with Crippen LogP contribution in [0.3, 0.4) is 0 Å². The highest BCUT2D eigenvalue weighted by molar-refractivity contribution is 5.93. The molecule has 12 nitrogen and oxygen atoms in total. The van der Waals surface area contributed by atoms with E-state index in [9.17, 15) is 24.3 Å². The SMILES string of the molecule is CCOC(=O)[C@H]1C[C@@H](N=C(N)NC(=O)OCOC(C)=O)[C@H](C(NC(C)=O)C(CC)CC)[C@@H]1O. The molecule has 1 fully saturated rings. The number of esters is 2. The molecule has 188 valence electrons. The predicted molar refractivity (Wildman–Crippen MR) is 118 cm³/mol. The van der Waals surface area contributed by atoms with Crippen molar-refractivity contribution in [2.45, 2.75) is 72.1 Å². The number of rotatable bonds is 10. The quantitative estimate of drug-likeness (QED) is 0.152. The maximum Gasteiger partial charge on any atom is 0.416 e. The molecule has 0 aromatic heterocycles. The van der Waals surface area contributed by atoms with Crippen molar-refractivity contribution >= 4 is 29.9 Å². The van der Waals surface area contributed by atoms with Gasteiger partial charge in [-0.15, -0.1) is 0 Å². The minimum atomic E-state index is -1.14. The molecule has 0 radical (unpaired) electrons. The second kappa shape index (κ2) is 13.6. The summed E-state index contributed by atoms with van der Waals surface area (Å²) in [6.45, 7) is 7.71. The van der Waals surface area contributed by atoms with E-state index in [1.54, 1.807) is 6.92 Å². The Bertz CT molecular complexity index is 725. The van der Waals surface area contributed by atoms with Crippen LogP contribution in [0.25, 0.3) is 0 Å². The topological polar surface area (TPSA) is 179 Å². The molecular formula is C21H36N4O8. The number of aliphatic hydroxyl groups excluding tert-OH is 1. The summed E-state index contributed by atoms with van der Waals surface area (Å²) in [5.74, 6) is -3.27. The molecule has 2 amide bonds. The van der Waals surface area contributed by atoms with Gasteiger partial charge in [0, 0.05) is 25.8 Å². The van der Waals surface area contributed by atoms with Gasteiger partial charge in [-0.1, -0.05) is 26.7 Å². The van der Waals surface area contributed by atoms with Gasteiger partial charge in [-0.3, -0.25) is 19.7 Å². The summed E-state index contributed by atoms with van der Waals surface area (Å²) in [4.78, 5) is 51.3. The molecule has 1 saturated carbocycles. The van der Waals surface area contributed by atoms with Crippen LogP contribution in [0.4, 0.5) is 4.79 Å². The van der Waals surface area contributed by atoms with E-state index in [-0.39, 0.29) is 30.8 Å². The molecule has 0 heterocycles. The van der Waals surface area contributed by atoms with Gasteiger partial charge in [-0.25, -0.2) is 9.79 Å². The molecule has 5 atom stereocenters. The smallest absolute Gasteiger partial charge is 0.416 e. The monoisotopic (exact) mass is 472 g/mol. The second-order valence-electron chi connectivity index (χ2n) is 7.86. The van der Waals surface area contributed by atoms with E-state index >= 15 is 0 Å². The van der Waals surface area contributed by atoms with Crippen LogP contribution in [0.2, 0.25) is 0 Å². The van der Waals surface area contributed by atoms with Gasteiger partial charge in [0.15, 0.2) is 5.96 Å². The van der Waals surface area contributed by atoms with Crippen LogP contribution >= 0.6 is 0 Å². The zero-order valence-electron chi connectivity index (χ0n) is 19.8. The molecule has 1 unspecified atom stereocenters. The molecule has 0 aliphatic heterocycles. The maximum absolute atomic E-state index is 12.5. The predicted octanol–water partition coefficient (Wildman–Crippen LogP) is 0.418. The summed E-state index contributed by atoms with van der Waals surface area (Å²) in [5.41, 5.74) is 5.86. The van der Waals surface area contributed by atoms with Crippen molar-refractivity contribution in [3.8, 4) is 0 Å². The molecule has 1 aliphatic rings. The third-order valence-electron chi connectivity index (χ3n) is 5.66. The number of ether oxygens (including phenoxy) is 3. The molecule has 0 bridgehead atoms. The number of carbonyl (C=O) groups is 4. The van der Waals surface area contributed by atoms with Gasteiger partial charge in [0.05, 0.1) is 24.7 Å². The van der Waals surface area contributed by atoms with Gasteiger partial charge in [-0.05, 0) is 19.3 Å². The van der Waals surface area contributed by atoms with Gasteiger partial charge in [0.25, 0.3) is 0 Å². The Hall–Kier alpha value is -2.89. The number of aliphatic hydroxyl groups is 1. The van der Waals surface area contributed by atoms with Crippen LogP contribution in [0.1, 0.15) is 53.9 Å². The van der Waals surface area contributed by atoms with Gasteiger partial charge < -0.3 is 30.4 Å². The number of alkyl carbamates (subject to hydrolysis) is 1. The van der Waals surface area contributed by atoms with E-state index in [2.05, 4.69) is 25.1 Å². The van der Waals surface area contributed by atoms with Gasteiger partial charge >= 0.3 is 18.0 Å². The van der Waals surface area contributed by atoms with Crippen molar-refractivity contribution in [2.75, 3.05) is 13.4 Å². The van der Waals surface area contributed by atoms with Crippen LogP contribution in [0.15, 0.2) is 4.99 Å². The van der Waals surface area contributed by atoms with Crippen molar-refractivity contribution in [1.29, 1.82) is 0 Å². The Morgan fingerprint density at radius 1 is 1.09 bits per heavy atom. The lowest BCUT2D eigenvalue weighted by atomic mass is 9.80. The Morgan fingerprint density at radius 3 is 2.24 bits per heavy atom. The highest BCUT2D eigenvalue weighted by Gasteiger charge is 2.51. The maximum atomic E-state index is 12.5. The minimum Gasteiger partial charge on any atom is -0.466 e. The van der Waals surface area contributed by atoms with Crippen molar-refractivity contribution < 1.29 is 38.5 Å². The molecular weight excluding hydrogens is 436 g/mol. The summed E-state index contributed by atoms with van der Waals surface area (Å²) >= 11 is 0. The lowest BCUT2D eigenvalue weighted by Gasteiger charge is -2.35. The number of aliphatic imine (C=N–C) groups is 1. The first-order chi connectivity index (χ1) is 15.5. The normalized spacial score (nSPS) is 23.5. The molecule has 0 saturated heterocycles. The first-order valence-corrected chi connectivity index (χ1v) is 11.1. The average molecular weight is 473 g/mol. The average Bonchev–Trinajstić information content (AvgIpc) is 3.03.